The van der Waals surface area contributed by atoms with E-state index in [1.165, 1.54) is 0 Å². The van der Waals surface area contributed by atoms with Crippen molar-refractivity contribution in [3.63, 3.8) is 0 Å². The minimum atomic E-state index is -3.35. The average Bonchev–Trinajstić information content (AvgIpc) is 2.95. The van der Waals surface area contributed by atoms with Gasteiger partial charge in [-0.15, -0.1) is 0 Å². The maximum absolute atomic E-state index is 12.8. The fourth-order valence-corrected chi connectivity index (χ4v) is 7.25. The molecule has 1 saturated carbocycles. The maximum Gasteiger partial charge on any atom is 0.203 e. The normalized spacial score (nSPS) is 34.3. The zero-order valence-electron chi connectivity index (χ0n) is 11.1. The molecule has 0 radical (unpaired) electrons. The van der Waals surface area contributed by atoms with Crippen molar-refractivity contribution in [2.75, 3.05) is 0 Å². The van der Waals surface area contributed by atoms with Crippen molar-refractivity contribution in [3.8, 4) is 0 Å². The molecule has 0 aromatic heterocycles. The quantitative estimate of drug-likeness (QED) is 0.759. The van der Waals surface area contributed by atoms with Crippen LogP contribution < -0.4 is 0 Å². The molecule has 4 atom stereocenters. The minimum absolute atomic E-state index is 0.200. The molecule has 3 aliphatic carbocycles. The Morgan fingerprint density at radius 2 is 1.65 bits per heavy atom. The highest BCUT2D eigenvalue weighted by atomic mass is 79.9. The number of allylic oxidation sites excluding steroid dienone is 4. The second kappa shape index (κ2) is 4.08. The SMILES string of the molecule is Cc1ccc(S(=O)(=O)C2=C(Br)[C@H]3[C@@H]2[C@@H]2C=C[C@H]3C2)cc1. The van der Waals surface area contributed by atoms with Crippen LogP contribution in [0, 0.1) is 30.6 Å². The summed E-state index contributed by atoms with van der Waals surface area (Å²) in [7, 11) is -3.35. The standard InChI is InChI=1S/C16H15BrO2S/c1-9-2-6-12(7-3-9)20(18,19)16-14-11-5-4-10(8-11)13(14)15(16)17/h2-7,10-11,13-14H,8H2,1H3/t10-,11+,13+,14-/m0/s1. The number of rotatable bonds is 2. The lowest BCUT2D eigenvalue weighted by molar-refractivity contribution is 0.379. The molecule has 0 aliphatic heterocycles. The fraction of sp³-hybridized carbons (Fsp3) is 0.375. The van der Waals surface area contributed by atoms with E-state index in [1.54, 1.807) is 12.1 Å². The van der Waals surface area contributed by atoms with Crippen LogP contribution >= 0.6 is 15.9 Å². The van der Waals surface area contributed by atoms with Crippen LogP contribution in [0.1, 0.15) is 12.0 Å². The molecular weight excluding hydrogens is 336 g/mol. The van der Waals surface area contributed by atoms with Crippen LogP contribution in [0.15, 0.2) is 50.7 Å². The summed E-state index contributed by atoms with van der Waals surface area (Å²) in [5, 5.41) is 0. The van der Waals surface area contributed by atoms with Gasteiger partial charge in [0.25, 0.3) is 0 Å². The van der Waals surface area contributed by atoms with Crippen molar-refractivity contribution in [3.05, 3.63) is 51.4 Å². The number of hydrogen-bond acceptors (Lipinski definition) is 2. The van der Waals surface area contributed by atoms with Gasteiger partial charge in [0.15, 0.2) is 0 Å². The van der Waals surface area contributed by atoms with E-state index in [1.807, 2.05) is 19.1 Å². The number of halogens is 1. The van der Waals surface area contributed by atoms with Crippen molar-refractivity contribution in [1.29, 1.82) is 0 Å². The third kappa shape index (κ3) is 1.52. The van der Waals surface area contributed by atoms with Crippen LogP contribution in [-0.2, 0) is 9.84 Å². The van der Waals surface area contributed by atoms with Gasteiger partial charge < -0.3 is 0 Å². The van der Waals surface area contributed by atoms with E-state index < -0.39 is 9.84 Å². The van der Waals surface area contributed by atoms with Crippen molar-refractivity contribution < 1.29 is 8.42 Å². The van der Waals surface area contributed by atoms with E-state index >= 15 is 0 Å². The van der Waals surface area contributed by atoms with Gasteiger partial charge >= 0.3 is 0 Å². The Kier molecular flexibility index (Phi) is 2.62. The largest absolute Gasteiger partial charge is 0.219 e. The van der Waals surface area contributed by atoms with E-state index in [0.717, 1.165) is 16.5 Å². The molecule has 0 saturated heterocycles. The average molecular weight is 351 g/mol. The van der Waals surface area contributed by atoms with E-state index in [0.29, 0.717) is 27.6 Å². The lowest BCUT2D eigenvalue weighted by Crippen LogP contribution is -2.35. The molecular formula is C16H15BrO2S. The molecule has 1 fully saturated rings. The van der Waals surface area contributed by atoms with Crippen LogP contribution in [0.4, 0.5) is 0 Å². The summed E-state index contributed by atoms with van der Waals surface area (Å²) in [4.78, 5) is 1.04. The monoisotopic (exact) mass is 350 g/mol. The molecule has 3 aliphatic rings. The van der Waals surface area contributed by atoms with Crippen LogP contribution in [0.2, 0.25) is 0 Å². The predicted octanol–water partition coefficient (Wildman–Crippen LogP) is 3.83. The first-order chi connectivity index (χ1) is 9.50. The Morgan fingerprint density at radius 1 is 1.05 bits per heavy atom. The number of hydrogen-bond donors (Lipinski definition) is 0. The van der Waals surface area contributed by atoms with Crippen LogP contribution in [0.3, 0.4) is 0 Å². The van der Waals surface area contributed by atoms with Crippen molar-refractivity contribution >= 4 is 25.8 Å². The van der Waals surface area contributed by atoms with Crippen molar-refractivity contribution in [2.45, 2.75) is 18.2 Å². The zero-order valence-corrected chi connectivity index (χ0v) is 13.5. The molecule has 0 amide bonds. The summed E-state index contributed by atoms with van der Waals surface area (Å²) in [6.07, 6.45) is 5.57. The molecule has 0 N–H and O–H groups in total. The van der Waals surface area contributed by atoms with E-state index in [9.17, 15) is 8.42 Å². The van der Waals surface area contributed by atoms with Crippen molar-refractivity contribution in [2.24, 2.45) is 23.7 Å². The molecule has 2 bridgehead atoms. The number of aryl methyl sites for hydroxylation is 1. The molecule has 2 nitrogen and oxygen atoms in total. The second-order valence-electron chi connectivity index (χ2n) is 6.03. The third-order valence-corrected chi connectivity index (χ3v) is 8.09. The first-order valence-corrected chi connectivity index (χ1v) is 9.17. The van der Waals surface area contributed by atoms with Crippen molar-refractivity contribution in [1.82, 2.24) is 0 Å². The molecule has 1 aromatic carbocycles. The molecule has 1 aromatic rings. The second-order valence-corrected chi connectivity index (χ2v) is 8.80. The summed E-state index contributed by atoms with van der Waals surface area (Å²) in [6.45, 7) is 1.96. The van der Waals surface area contributed by atoms with E-state index in [2.05, 4.69) is 28.1 Å². The molecule has 104 valence electrons. The first-order valence-electron chi connectivity index (χ1n) is 6.90. The lowest BCUT2D eigenvalue weighted by Gasteiger charge is -2.39. The summed E-state index contributed by atoms with van der Waals surface area (Å²) in [6, 6.07) is 7.15. The molecule has 0 spiro atoms. The topological polar surface area (TPSA) is 34.1 Å². The summed E-state index contributed by atoms with van der Waals surface area (Å²) in [5.74, 6) is 1.56. The highest BCUT2D eigenvalue weighted by Gasteiger charge is 2.57. The van der Waals surface area contributed by atoms with Crippen LogP contribution in [0.25, 0.3) is 0 Å². The van der Waals surface area contributed by atoms with Gasteiger partial charge in [0.05, 0.1) is 9.80 Å². The summed E-state index contributed by atoms with van der Waals surface area (Å²) in [5.41, 5.74) is 1.08. The maximum atomic E-state index is 12.8. The fourth-order valence-electron chi connectivity index (χ4n) is 3.90. The zero-order chi connectivity index (χ0) is 14.1. The third-order valence-electron chi connectivity index (χ3n) is 4.91. The molecule has 0 heterocycles. The van der Waals surface area contributed by atoms with E-state index in [4.69, 9.17) is 0 Å². The van der Waals surface area contributed by atoms with Gasteiger partial charge in [-0.2, -0.15) is 0 Å². The predicted molar refractivity (Wildman–Crippen MR) is 82.0 cm³/mol. The van der Waals surface area contributed by atoms with Crippen LogP contribution in [0.5, 0.6) is 0 Å². The van der Waals surface area contributed by atoms with Crippen LogP contribution in [-0.4, -0.2) is 8.42 Å². The first kappa shape index (κ1) is 12.8. The highest BCUT2D eigenvalue weighted by Crippen LogP contribution is 2.64. The number of sulfone groups is 1. The Morgan fingerprint density at radius 3 is 2.30 bits per heavy atom. The Hall–Kier alpha value is -0.870. The molecule has 0 unspecified atom stereocenters. The molecule has 20 heavy (non-hydrogen) atoms. The minimum Gasteiger partial charge on any atom is -0.219 e. The Labute approximate surface area is 127 Å². The molecule has 4 heteroatoms. The van der Waals surface area contributed by atoms with Gasteiger partial charge in [0.1, 0.15) is 0 Å². The lowest BCUT2D eigenvalue weighted by atomic mass is 9.74. The summed E-state index contributed by atoms with van der Waals surface area (Å²) >= 11 is 3.55. The van der Waals surface area contributed by atoms with Gasteiger partial charge in [0, 0.05) is 16.3 Å². The van der Waals surface area contributed by atoms with Gasteiger partial charge in [-0.25, -0.2) is 8.42 Å². The van der Waals surface area contributed by atoms with Gasteiger partial charge in [-0.05, 0) is 37.3 Å². The Bertz CT molecular complexity index is 743. The summed E-state index contributed by atoms with van der Waals surface area (Å²) < 4.78 is 26.6. The Balaban J connectivity index is 1.78. The van der Waals surface area contributed by atoms with Gasteiger partial charge in [-0.3, -0.25) is 0 Å². The number of benzene rings is 1. The number of fused-ring (bicyclic) bond motifs is 5. The van der Waals surface area contributed by atoms with Gasteiger partial charge in [0.2, 0.25) is 9.84 Å². The van der Waals surface area contributed by atoms with Gasteiger partial charge in [-0.1, -0.05) is 45.8 Å². The van der Waals surface area contributed by atoms with E-state index in [-0.39, 0.29) is 5.92 Å². The molecule has 4 rings (SSSR count). The smallest absolute Gasteiger partial charge is 0.203 e. The highest BCUT2D eigenvalue weighted by molar-refractivity contribution is 9.11.